The molecule has 5 nitrogen and oxygen atoms in total. The largest absolute Gasteiger partial charge is 0.466 e. The van der Waals surface area contributed by atoms with E-state index in [9.17, 15) is 9.59 Å². The number of carbonyl (C=O) groups is 2. The molecule has 0 aliphatic heterocycles. The standard InChI is InChI=1S/C14H17NO4/c1-3-18-13(16)8-12(9-14(17)19-4-2)11-6-5-7-15-10-11/h5-8,10H,3-4,9H2,1-2H3. The van der Waals surface area contributed by atoms with Crippen LogP contribution in [0.5, 0.6) is 0 Å². The van der Waals surface area contributed by atoms with Crippen LogP contribution in [-0.2, 0) is 19.1 Å². The van der Waals surface area contributed by atoms with Crippen molar-refractivity contribution in [2.45, 2.75) is 20.3 Å². The van der Waals surface area contributed by atoms with E-state index >= 15 is 0 Å². The number of hydrogen-bond donors (Lipinski definition) is 0. The Bertz CT molecular complexity index is 454. The molecule has 0 amide bonds. The molecular formula is C14H17NO4. The first-order valence-electron chi connectivity index (χ1n) is 6.10. The van der Waals surface area contributed by atoms with E-state index in [-0.39, 0.29) is 19.0 Å². The van der Waals surface area contributed by atoms with Crippen LogP contribution in [0.3, 0.4) is 0 Å². The molecule has 0 atom stereocenters. The maximum absolute atomic E-state index is 11.5. The number of pyridine rings is 1. The molecule has 0 unspecified atom stereocenters. The summed E-state index contributed by atoms with van der Waals surface area (Å²) in [4.78, 5) is 27.0. The van der Waals surface area contributed by atoms with Crippen molar-refractivity contribution in [2.24, 2.45) is 0 Å². The molecule has 1 aromatic heterocycles. The van der Waals surface area contributed by atoms with Gasteiger partial charge in [0.25, 0.3) is 0 Å². The van der Waals surface area contributed by atoms with E-state index in [1.165, 1.54) is 6.08 Å². The number of ether oxygens (including phenoxy) is 2. The van der Waals surface area contributed by atoms with Gasteiger partial charge in [0.1, 0.15) is 0 Å². The Balaban J connectivity index is 2.91. The highest BCUT2D eigenvalue weighted by molar-refractivity contribution is 5.96. The molecule has 0 aliphatic rings. The molecule has 0 radical (unpaired) electrons. The van der Waals surface area contributed by atoms with Gasteiger partial charge in [-0.25, -0.2) is 4.79 Å². The van der Waals surface area contributed by atoms with Crippen molar-refractivity contribution < 1.29 is 19.1 Å². The Hall–Kier alpha value is -2.17. The van der Waals surface area contributed by atoms with Gasteiger partial charge in [-0.2, -0.15) is 0 Å². The molecule has 0 saturated heterocycles. The lowest BCUT2D eigenvalue weighted by Crippen LogP contribution is -2.07. The van der Waals surface area contributed by atoms with E-state index in [0.717, 1.165) is 0 Å². The quantitative estimate of drug-likeness (QED) is 0.580. The van der Waals surface area contributed by atoms with E-state index in [1.807, 2.05) is 0 Å². The zero-order chi connectivity index (χ0) is 14.1. The summed E-state index contributed by atoms with van der Waals surface area (Å²) in [5.74, 6) is -0.868. The summed E-state index contributed by atoms with van der Waals surface area (Å²) in [5, 5.41) is 0. The maximum atomic E-state index is 11.5. The smallest absolute Gasteiger partial charge is 0.331 e. The van der Waals surface area contributed by atoms with Gasteiger partial charge >= 0.3 is 11.9 Å². The molecule has 102 valence electrons. The third kappa shape index (κ3) is 5.33. The summed E-state index contributed by atoms with van der Waals surface area (Å²) in [5.41, 5.74) is 1.23. The molecule has 5 heteroatoms. The van der Waals surface area contributed by atoms with Gasteiger partial charge in [0.15, 0.2) is 0 Å². The minimum Gasteiger partial charge on any atom is -0.466 e. The first kappa shape index (κ1) is 14.9. The molecule has 0 N–H and O–H groups in total. The molecule has 1 heterocycles. The fourth-order valence-corrected chi connectivity index (χ4v) is 1.48. The second-order valence-electron chi connectivity index (χ2n) is 3.65. The second-order valence-corrected chi connectivity index (χ2v) is 3.65. The van der Waals surface area contributed by atoms with E-state index in [2.05, 4.69) is 4.98 Å². The predicted molar refractivity (Wildman–Crippen MR) is 70.1 cm³/mol. The van der Waals surface area contributed by atoms with Crippen LogP contribution >= 0.6 is 0 Å². The van der Waals surface area contributed by atoms with Crippen molar-refractivity contribution in [3.8, 4) is 0 Å². The van der Waals surface area contributed by atoms with Gasteiger partial charge in [-0.1, -0.05) is 6.07 Å². The highest BCUT2D eigenvalue weighted by Gasteiger charge is 2.11. The molecule has 0 bridgehead atoms. The topological polar surface area (TPSA) is 65.5 Å². The molecule has 0 saturated carbocycles. The van der Waals surface area contributed by atoms with Crippen LogP contribution in [0.25, 0.3) is 5.57 Å². The average Bonchev–Trinajstić information content (AvgIpc) is 2.39. The summed E-state index contributed by atoms with van der Waals surface area (Å²) in [6.07, 6.45) is 4.52. The first-order valence-corrected chi connectivity index (χ1v) is 6.10. The Morgan fingerprint density at radius 1 is 1.26 bits per heavy atom. The Morgan fingerprint density at radius 3 is 2.58 bits per heavy atom. The summed E-state index contributed by atoms with van der Waals surface area (Å²) in [6, 6.07) is 3.51. The number of rotatable bonds is 6. The van der Waals surface area contributed by atoms with Gasteiger partial charge in [0, 0.05) is 18.5 Å². The number of esters is 2. The number of aromatic nitrogens is 1. The van der Waals surface area contributed by atoms with Crippen LogP contribution in [-0.4, -0.2) is 30.1 Å². The van der Waals surface area contributed by atoms with Crippen LogP contribution in [0.4, 0.5) is 0 Å². The van der Waals surface area contributed by atoms with Gasteiger partial charge < -0.3 is 9.47 Å². The highest BCUT2D eigenvalue weighted by Crippen LogP contribution is 2.18. The Labute approximate surface area is 112 Å². The molecule has 0 aliphatic carbocycles. The number of hydrogen-bond acceptors (Lipinski definition) is 5. The van der Waals surface area contributed by atoms with Crippen molar-refractivity contribution in [3.63, 3.8) is 0 Å². The van der Waals surface area contributed by atoms with Crippen molar-refractivity contribution in [2.75, 3.05) is 13.2 Å². The van der Waals surface area contributed by atoms with E-state index in [4.69, 9.17) is 9.47 Å². The Morgan fingerprint density at radius 2 is 2.00 bits per heavy atom. The number of carbonyl (C=O) groups excluding carboxylic acids is 2. The summed E-state index contributed by atoms with van der Waals surface area (Å²) < 4.78 is 9.73. The summed E-state index contributed by atoms with van der Waals surface area (Å²) in [7, 11) is 0. The van der Waals surface area contributed by atoms with E-state index < -0.39 is 5.97 Å². The minimum atomic E-state index is -0.481. The van der Waals surface area contributed by atoms with Crippen molar-refractivity contribution in [1.82, 2.24) is 4.98 Å². The van der Waals surface area contributed by atoms with Crippen LogP contribution in [0, 0.1) is 0 Å². The van der Waals surface area contributed by atoms with Gasteiger partial charge in [-0.3, -0.25) is 9.78 Å². The molecule has 0 spiro atoms. The normalized spacial score (nSPS) is 10.9. The van der Waals surface area contributed by atoms with Gasteiger partial charge in [0.2, 0.25) is 0 Å². The first-order chi connectivity index (χ1) is 9.17. The lowest BCUT2D eigenvalue weighted by molar-refractivity contribution is -0.141. The van der Waals surface area contributed by atoms with Crippen molar-refractivity contribution >= 4 is 17.5 Å². The average molecular weight is 263 g/mol. The molecule has 1 aromatic rings. The van der Waals surface area contributed by atoms with Crippen molar-refractivity contribution in [1.29, 1.82) is 0 Å². The van der Waals surface area contributed by atoms with Gasteiger partial charge in [0.05, 0.1) is 19.6 Å². The third-order valence-electron chi connectivity index (χ3n) is 2.25. The minimum absolute atomic E-state index is 0.0122. The Kier molecular flexibility index (Phi) is 6.29. The lowest BCUT2D eigenvalue weighted by atomic mass is 10.0. The zero-order valence-electron chi connectivity index (χ0n) is 11.1. The van der Waals surface area contributed by atoms with Crippen LogP contribution in [0.2, 0.25) is 0 Å². The number of nitrogens with zero attached hydrogens (tertiary/aromatic N) is 1. The van der Waals surface area contributed by atoms with Crippen molar-refractivity contribution in [3.05, 3.63) is 36.2 Å². The molecule has 1 rings (SSSR count). The van der Waals surface area contributed by atoms with Crippen LogP contribution in [0.1, 0.15) is 25.8 Å². The zero-order valence-corrected chi connectivity index (χ0v) is 11.1. The highest BCUT2D eigenvalue weighted by atomic mass is 16.5. The third-order valence-corrected chi connectivity index (χ3v) is 2.25. The molecular weight excluding hydrogens is 246 g/mol. The maximum Gasteiger partial charge on any atom is 0.331 e. The van der Waals surface area contributed by atoms with Crippen LogP contribution in [0.15, 0.2) is 30.6 Å². The fourth-order valence-electron chi connectivity index (χ4n) is 1.48. The molecule has 0 fully saturated rings. The van der Waals surface area contributed by atoms with Crippen LogP contribution < -0.4 is 0 Å². The fraction of sp³-hybridized carbons (Fsp3) is 0.357. The van der Waals surface area contributed by atoms with Gasteiger partial charge in [-0.05, 0) is 31.1 Å². The monoisotopic (exact) mass is 263 g/mol. The lowest BCUT2D eigenvalue weighted by Gasteiger charge is -2.07. The van der Waals surface area contributed by atoms with E-state index in [1.54, 1.807) is 38.4 Å². The molecule has 19 heavy (non-hydrogen) atoms. The SMILES string of the molecule is CCOC(=O)C=C(CC(=O)OCC)c1cccnc1. The molecule has 0 aromatic carbocycles. The van der Waals surface area contributed by atoms with E-state index in [0.29, 0.717) is 17.7 Å². The summed E-state index contributed by atoms with van der Waals surface area (Å²) in [6.45, 7) is 4.05. The van der Waals surface area contributed by atoms with Gasteiger partial charge in [-0.15, -0.1) is 0 Å². The predicted octanol–water partition coefficient (Wildman–Crippen LogP) is 1.98. The summed E-state index contributed by atoms with van der Waals surface area (Å²) >= 11 is 0. The second kappa shape index (κ2) is 8.02.